The van der Waals surface area contributed by atoms with Gasteiger partial charge in [-0.25, -0.2) is 0 Å². The van der Waals surface area contributed by atoms with Crippen molar-refractivity contribution in [2.24, 2.45) is 5.92 Å². The Bertz CT molecular complexity index is 147. The second kappa shape index (κ2) is 3.72. The minimum Gasteiger partial charge on any atom is -0.384 e. The normalized spacial score (nSPS) is 24.2. The van der Waals surface area contributed by atoms with Gasteiger partial charge in [-0.3, -0.25) is 5.41 Å². The lowest BCUT2D eigenvalue weighted by Crippen LogP contribution is -2.25. The molecule has 1 N–H and O–H groups in total. The van der Waals surface area contributed by atoms with Gasteiger partial charge in [-0.2, -0.15) is 0 Å². The number of rotatable bonds is 2. The predicted molar refractivity (Wildman–Crippen MR) is 45.0 cm³/mol. The van der Waals surface area contributed by atoms with Crippen LogP contribution in [0.1, 0.15) is 13.3 Å². The molecule has 3 heteroatoms. The van der Waals surface area contributed by atoms with Gasteiger partial charge in [0.05, 0.1) is 12.4 Å². The highest BCUT2D eigenvalue weighted by molar-refractivity contribution is 5.76. The minimum atomic E-state index is 0.639. The number of ether oxygens (including phenoxy) is 1. The van der Waals surface area contributed by atoms with Gasteiger partial charge in [0.1, 0.15) is 0 Å². The number of nitrogens with zero attached hydrogens (tertiary/aromatic N) is 1. The summed E-state index contributed by atoms with van der Waals surface area (Å²) in [7, 11) is 1.74. The fraction of sp³-hybridized carbons (Fsp3) is 0.875. The van der Waals surface area contributed by atoms with Crippen LogP contribution in [0.5, 0.6) is 0 Å². The van der Waals surface area contributed by atoms with E-state index < -0.39 is 0 Å². The fourth-order valence-corrected chi connectivity index (χ4v) is 1.51. The zero-order valence-corrected chi connectivity index (χ0v) is 7.26. The van der Waals surface area contributed by atoms with Crippen LogP contribution in [-0.2, 0) is 4.74 Å². The molecule has 1 aliphatic rings. The zero-order chi connectivity index (χ0) is 8.27. The van der Waals surface area contributed by atoms with Crippen molar-refractivity contribution in [1.29, 1.82) is 5.41 Å². The van der Waals surface area contributed by atoms with Gasteiger partial charge in [-0.15, -0.1) is 0 Å². The van der Waals surface area contributed by atoms with Crippen LogP contribution in [0.15, 0.2) is 0 Å². The largest absolute Gasteiger partial charge is 0.384 e. The lowest BCUT2D eigenvalue weighted by atomic mass is 10.1. The third-order valence-corrected chi connectivity index (χ3v) is 2.16. The number of hydrogen-bond acceptors (Lipinski definition) is 2. The van der Waals surface area contributed by atoms with Crippen LogP contribution >= 0.6 is 0 Å². The summed E-state index contributed by atoms with van der Waals surface area (Å²) in [6.45, 7) is 4.71. The topological polar surface area (TPSA) is 36.3 Å². The minimum absolute atomic E-state index is 0.639. The molecule has 0 amide bonds. The van der Waals surface area contributed by atoms with E-state index in [0.29, 0.717) is 11.8 Å². The highest BCUT2D eigenvalue weighted by Gasteiger charge is 2.21. The van der Waals surface area contributed by atoms with Crippen LogP contribution in [-0.4, -0.2) is 37.5 Å². The summed E-state index contributed by atoms with van der Waals surface area (Å²) in [5.41, 5.74) is 0. The lowest BCUT2D eigenvalue weighted by molar-refractivity contribution is 0.157. The molecule has 0 bridgehead atoms. The lowest BCUT2D eigenvalue weighted by Gasteiger charge is -2.15. The maximum Gasteiger partial charge on any atom is 0.0925 e. The predicted octanol–water partition coefficient (Wildman–Crippen LogP) is 0.952. The van der Waals surface area contributed by atoms with Gasteiger partial charge in [0.15, 0.2) is 0 Å². The Labute approximate surface area is 67.8 Å². The van der Waals surface area contributed by atoms with Crippen LogP contribution in [0.2, 0.25) is 0 Å². The van der Waals surface area contributed by atoms with Gasteiger partial charge in [-0.05, 0) is 13.3 Å². The Morgan fingerprint density at radius 2 is 2.45 bits per heavy atom. The van der Waals surface area contributed by atoms with E-state index in [2.05, 4.69) is 4.90 Å². The SMILES string of the molecule is COCC1CCN(C(C)=N)C1. The molecule has 0 aromatic rings. The first-order valence-corrected chi connectivity index (χ1v) is 4.03. The fourth-order valence-electron chi connectivity index (χ4n) is 1.51. The molecule has 1 aliphatic heterocycles. The maximum absolute atomic E-state index is 7.40. The second-order valence-corrected chi connectivity index (χ2v) is 3.14. The molecule has 1 atom stereocenters. The zero-order valence-electron chi connectivity index (χ0n) is 7.26. The van der Waals surface area contributed by atoms with Crippen LogP contribution in [0.25, 0.3) is 0 Å². The monoisotopic (exact) mass is 156 g/mol. The third kappa shape index (κ3) is 2.19. The van der Waals surface area contributed by atoms with Crippen molar-refractivity contribution in [2.75, 3.05) is 26.8 Å². The summed E-state index contributed by atoms with van der Waals surface area (Å²) in [5, 5.41) is 7.40. The van der Waals surface area contributed by atoms with Gasteiger partial charge in [0, 0.05) is 26.1 Å². The Hall–Kier alpha value is -0.570. The molecule has 0 aromatic carbocycles. The van der Waals surface area contributed by atoms with Crippen LogP contribution in [0, 0.1) is 11.3 Å². The summed E-state index contributed by atoms with van der Waals surface area (Å²) >= 11 is 0. The first kappa shape index (κ1) is 8.53. The van der Waals surface area contributed by atoms with Crippen molar-refractivity contribution in [3.63, 3.8) is 0 Å². The van der Waals surface area contributed by atoms with E-state index in [9.17, 15) is 0 Å². The molecular formula is C8H16N2O. The van der Waals surface area contributed by atoms with E-state index in [1.807, 2.05) is 6.92 Å². The molecule has 1 saturated heterocycles. The standard InChI is InChI=1S/C8H16N2O/c1-7(9)10-4-3-8(5-10)6-11-2/h8-9H,3-6H2,1-2H3. The molecule has 0 saturated carbocycles. The third-order valence-electron chi connectivity index (χ3n) is 2.16. The van der Waals surface area contributed by atoms with E-state index in [4.69, 9.17) is 10.1 Å². The van der Waals surface area contributed by atoms with Gasteiger partial charge >= 0.3 is 0 Å². The highest BCUT2D eigenvalue weighted by atomic mass is 16.5. The number of methoxy groups -OCH3 is 1. The highest BCUT2D eigenvalue weighted by Crippen LogP contribution is 2.15. The summed E-state index contributed by atoms with van der Waals surface area (Å²) in [5.74, 6) is 1.32. The first-order chi connectivity index (χ1) is 5.24. The van der Waals surface area contributed by atoms with Gasteiger partial charge in [0.25, 0.3) is 0 Å². The molecule has 1 heterocycles. The van der Waals surface area contributed by atoms with Gasteiger partial charge in [0.2, 0.25) is 0 Å². The van der Waals surface area contributed by atoms with Crippen molar-refractivity contribution in [3.05, 3.63) is 0 Å². The average Bonchev–Trinajstić information content (AvgIpc) is 2.37. The smallest absolute Gasteiger partial charge is 0.0925 e. The molecule has 64 valence electrons. The average molecular weight is 156 g/mol. The molecule has 0 aromatic heterocycles. The summed E-state index contributed by atoms with van der Waals surface area (Å²) in [6, 6.07) is 0. The summed E-state index contributed by atoms with van der Waals surface area (Å²) < 4.78 is 5.06. The number of amidine groups is 1. The molecule has 3 nitrogen and oxygen atoms in total. The van der Waals surface area contributed by atoms with E-state index >= 15 is 0 Å². The van der Waals surface area contributed by atoms with Crippen molar-refractivity contribution >= 4 is 5.84 Å². The quantitative estimate of drug-likeness (QED) is 0.477. The van der Waals surface area contributed by atoms with Gasteiger partial charge < -0.3 is 9.64 Å². The Morgan fingerprint density at radius 3 is 2.91 bits per heavy atom. The second-order valence-electron chi connectivity index (χ2n) is 3.14. The van der Waals surface area contributed by atoms with Crippen molar-refractivity contribution in [1.82, 2.24) is 4.90 Å². The van der Waals surface area contributed by atoms with Crippen molar-refractivity contribution in [2.45, 2.75) is 13.3 Å². The van der Waals surface area contributed by atoms with Crippen LogP contribution in [0.4, 0.5) is 0 Å². The van der Waals surface area contributed by atoms with Gasteiger partial charge in [-0.1, -0.05) is 0 Å². The maximum atomic E-state index is 7.40. The molecule has 1 rings (SSSR count). The molecule has 0 spiro atoms. The first-order valence-electron chi connectivity index (χ1n) is 4.03. The molecule has 11 heavy (non-hydrogen) atoms. The van der Waals surface area contributed by atoms with Crippen molar-refractivity contribution < 1.29 is 4.74 Å². The van der Waals surface area contributed by atoms with E-state index in [0.717, 1.165) is 19.7 Å². The summed E-state index contributed by atoms with van der Waals surface area (Å²) in [4.78, 5) is 2.10. The summed E-state index contributed by atoms with van der Waals surface area (Å²) in [6.07, 6.45) is 1.17. The molecule has 0 radical (unpaired) electrons. The Kier molecular flexibility index (Phi) is 2.88. The number of hydrogen-bond donors (Lipinski definition) is 1. The molecular weight excluding hydrogens is 140 g/mol. The van der Waals surface area contributed by atoms with E-state index in [1.54, 1.807) is 7.11 Å². The van der Waals surface area contributed by atoms with Crippen LogP contribution < -0.4 is 0 Å². The molecule has 1 unspecified atom stereocenters. The van der Waals surface area contributed by atoms with Crippen LogP contribution in [0.3, 0.4) is 0 Å². The Morgan fingerprint density at radius 1 is 1.73 bits per heavy atom. The molecule has 1 fully saturated rings. The molecule has 0 aliphatic carbocycles. The number of nitrogens with one attached hydrogen (secondary N) is 1. The Balaban J connectivity index is 2.29. The van der Waals surface area contributed by atoms with E-state index in [1.165, 1.54) is 6.42 Å². The number of likely N-dealkylation sites (tertiary alicyclic amines) is 1. The van der Waals surface area contributed by atoms with Crippen molar-refractivity contribution in [3.8, 4) is 0 Å². The van der Waals surface area contributed by atoms with E-state index in [-0.39, 0.29) is 0 Å².